The van der Waals surface area contributed by atoms with E-state index in [9.17, 15) is 0 Å². The molecule has 2 aromatic carbocycles. The molecule has 1 heterocycles. The lowest BCUT2D eigenvalue weighted by molar-refractivity contribution is 0.130. The van der Waals surface area contributed by atoms with Gasteiger partial charge in [0, 0.05) is 11.4 Å². The zero-order valence-electron chi connectivity index (χ0n) is 11.8. The SMILES string of the molecule is CC(=NOCc1ccc(Cl)cc1)c1ccc2c(c1)CCO2. The van der Waals surface area contributed by atoms with Gasteiger partial charge in [0.2, 0.25) is 0 Å². The lowest BCUT2D eigenvalue weighted by Gasteiger charge is -2.05. The van der Waals surface area contributed by atoms with Gasteiger partial charge in [-0.2, -0.15) is 0 Å². The van der Waals surface area contributed by atoms with E-state index in [4.69, 9.17) is 21.2 Å². The topological polar surface area (TPSA) is 30.8 Å². The maximum atomic E-state index is 5.84. The average Bonchev–Trinajstić information content (AvgIpc) is 2.96. The van der Waals surface area contributed by atoms with Gasteiger partial charge in [0.15, 0.2) is 0 Å². The fourth-order valence-corrected chi connectivity index (χ4v) is 2.37. The van der Waals surface area contributed by atoms with Crippen molar-refractivity contribution in [2.24, 2.45) is 5.16 Å². The van der Waals surface area contributed by atoms with E-state index >= 15 is 0 Å². The van der Waals surface area contributed by atoms with Crippen LogP contribution in [0.1, 0.15) is 23.6 Å². The number of hydrogen-bond acceptors (Lipinski definition) is 3. The Morgan fingerprint density at radius 1 is 1.24 bits per heavy atom. The average molecular weight is 302 g/mol. The Balaban J connectivity index is 1.64. The van der Waals surface area contributed by atoms with Crippen LogP contribution in [0, 0.1) is 0 Å². The van der Waals surface area contributed by atoms with E-state index in [2.05, 4.69) is 11.2 Å². The van der Waals surface area contributed by atoms with Crippen molar-refractivity contribution in [2.45, 2.75) is 20.0 Å². The minimum atomic E-state index is 0.433. The highest BCUT2D eigenvalue weighted by atomic mass is 35.5. The quantitative estimate of drug-likeness (QED) is 0.625. The summed E-state index contributed by atoms with van der Waals surface area (Å²) in [4.78, 5) is 5.41. The maximum Gasteiger partial charge on any atom is 0.142 e. The van der Waals surface area contributed by atoms with Crippen molar-refractivity contribution in [1.82, 2.24) is 0 Å². The number of benzene rings is 2. The van der Waals surface area contributed by atoms with Gasteiger partial charge in [-0.1, -0.05) is 28.9 Å². The third kappa shape index (κ3) is 3.37. The molecule has 0 N–H and O–H groups in total. The summed E-state index contributed by atoms with van der Waals surface area (Å²) >= 11 is 5.84. The van der Waals surface area contributed by atoms with E-state index < -0.39 is 0 Å². The monoisotopic (exact) mass is 301 g/mol. The van der Waals surface area contributed by atoms with Gasteiger partial charge in [0.25, 0.3) is 0 Å². The summed E-state index contributed by atoms with van der Waals surface area (Å²) in [5, 5.41) is 4.90. The zero-order valence-corrected chi connectivity index (χ0v) is 12.6. The van der Waals surface area contributed by atoms with Gasteiger partial charge in [-0.25, -0.2) is 0 Å². The highest BCUT2D eigenvalue weighted by Crippen LogP contribution is 2.26. The van der Waals surface area contributed by atoms with Crippen LogP contribution in [-0.4, -0.2) is 12.3 Å². The Hall–Kier alpha value is -2.00. The van der Waals surface area contributed by atoms with Crippen LogP contribution < -0.4 is 4.74 Å². The van der Waals surface area contributed by atoms with Crippen LogP contribution in [0.2, 0.25) is 5.02 Å². The molecule has 0 radical (unpaired) electrons. The molecule has 0 saturated carbocycles. The van der Waals surface area contributed by atoms with Crippen molar-refractivity contribution in [1.29, 1.82) is 0 Å². The van der Waals surface area contributed by atoms with E-state index in [-0.39, 0.29) is 0 Å². The van der Waals surface area contributed by atoms with Gasteiger partial charge in [-0.05, 0) is 53.9 Å². The van der Waals surface area contributed by atoms with Crippen LogP contribution in [0.15, 0.2) is 47.6 Å². The van der Waals surface area contributed by atoms with Crippen molar-refractivity contribution < 1.29 is 9.57 Å². The largest absolute Gasteiger partial charge is 0.493 e. The number of fused-ring (bicyclic) bond motifs is 1. The van der Waals surface area contributed by atoms with Crippen molar-refractivity contribution in [2.75, 3.05) is 6.61 Å². The fourth-order valence-electron chi connectivity index (χ4n) is 2.25. The van der Waals surface area contributed by atoms with Gasteiger partial charge >= 0.3 is 0 Å². The Morgan fingerprint density at radius 2 is 2.05 bits per heavy atom. The zero-order chi connectivity index (χ0) is 14.7. The summed E-state index contributed by atoms with van der Waals surface area (Å²) in [7, 11) is 0. The minimum absolute atomic E-state index is 0.433. The highest BCUT2D eigenvalue weighted by Gasteiger charge is 2.12. The fraction of sp³-hybridized carbons (Fsp3) is 0.235. The second-order valence-corrected chi connectivity index (χ2v) is 5.43. The van der Waals surface area contributed by atoms with Gasteiger partial charge in [0.05, 0.1) is 12.3 Å². The third-order valence-electron chi connectivity index (χ3n) is 3.45. The van der Waals surface area contributed by atoms with Crippen molar-refractivity contribution in [3.8, 4) is 5.75 Å². The first-order chi connectivity index (χ1) is 10.2. The molecule has 0 amide bonds. The van der Waals surface area contributed by atoms with Gasteiger partial charge in [-0.3, -0.25) is 0 Å². The van der Waals surface area contributed by atoms with Gasteiger partial charge < -0.3 is 9.57 Å². The molecule has 108 valence electrons. The molecule has 0 bridgehead atoms. The molecule has 1 aliphatic rings. The number of hydrogen-bond donors (Lipinski definition) is 0. The highest BCUT2D eigenvalue weighted by molar-refractivity contribution is 6.30. The Morgan fingerprint density at radius 3 is 2.86 bits per heavy atom. The molecule has 0 aromatic heterocycles. The number of nitrogens with zero attached hydrogens (tertiary/aromatic N) is 1. The normalized spacial score (nSPS) is 13.7. The van der Waals surface area contributed by atoms with E-state index in [1.165, 1.54) is 5.56 Å². The molecule has 1 aliphatic heterocycles. The van der Waals surface area contributed by atoms with Crippen LogP contribution in [0.5, 0.6) is 5.75 Å². The van der Waals surface area contributed by atoms with Crippen LogP contribution >= 0.6 is 11.6 Å². The van der Waals surface area contributed by atoms with Crippen LogP contribution in [-0.2, 0) is 17.9 Å². The molecule has 3 nitrogen and oxygen atoms in total. The first-order valence-electron chi connectivity index (χ1n) is 6.89. The smallest absolute Gasteiger partial charge is 0.142 e. The second kappa shape index (κ2) is 6.19. The summed E-state index contributed by atoms with van der Waals surface area (Å²) in [5.41, 5.74) is 4.20. The molecule has 3 rings (SSSR count). The van der Waals surface area contributed by atoms with Crippen LogP contribution in [0.25, 0.3) is 0 Å². The molecule has 0 fully saturated rings. The summed E-state index contributed by atoms with van der Waals surface area (Å²) in [6, 6.07) is 13.7. The molecule has 4 heteroatoms. The lowest BCUT2D eigenvalue weighted by atomic mass is 10.1. The Bertz CT molecular complexity index is 665. The van der Waals surface area contributed by atoms with E-state index in [0.717, 1.165) is 40.6 Å². The molecule has 2 aromatic rings. The summed E-state index contributed by atoms with van der Waals surface area (Å²) in [6.07, 6.45) is 0.960. The third-order valence-corrected chi connectivity index (χ3v) is 3.71. The standard InChI is InChI=1S/C17H16ClNO2/c1-12(14-4-7-17-15(10-14)8-9-20-17)19-21-11-13-2-5-16(18)6-3-13/h2-7,10H,8-9,11H2,1H3. The molecule has 0 atom stereocenters. The first-order valence-corrected chi connectivity index (χ1v) is 7.27. The van der Waals surface area contributed by atoms with Crippen molar-refractivity contribution >= 4 is 17.3 Å². The van der Waals surface area contributed by atoms with Crippen molar-refractivity contribution in [3.05, 3.63) is 64.2 Å². The van der Waals surface area contributed by atoms with E-state index in [1.54, 1.807) is 0 Å². The molecule has 21 heavy (non-hydrogen) atoms. The maximum absolute atomic E-state index is 5.84. The van der Waals surface area contributed by atoms with Crippen LogP contribution in [0.3, 0.4) is 0 Å². The molecule has 0 saturated heterocycles. The summed E-state index contributed by atoms with van der Waals surface area (Å²) in [5.74, 6) is 0.980. The summed E-state index contributed by atoms with van der Waals surface area (Å²) < 4.78 is 5.50. The molecule has 0 aliphatic carbocycles. The second-order valence-electron chi connectivity index (χ2n) is 5.00. The molecular formula is C17H16ClNO2. The minimum Gasteiger partial charge on any atom is -0.493 e. The lowest BCUT2D eigenvalue weighted by Crippen LogP contribution is -1.97. The Kier molecular flexibility index (Phi) is 4.11. The number of ether oxygens (including phenoxy) is 1. The molecule has 0 spiro atoms. The van der Waals surface area contributed by atoms with E-state index in [0.29, 0.717) is 6.61 Å². The summed E-state index contributed by atoms with van der Waals surface area (Å²) in [6.45, 7) is 3.14. The van der Waals surface area contributed by atoms with Crippen LogP contribution in [0.4, 0.5) is 0 Å². The number of halogens is 1. The Labute approximate surface area is 129 Å². The van der Waals surface area contributed by atoms with E-state index in [1.807, 2.05) is 43.3 Å². The van der Waals surface area contributed by atoms with Gasteiger partial charge in [-0.15, -0.1) is 0 Å². The predicted molar refractivity (Wildman–Crippen MR) is 84.1 cm³/mol. The predicted octanol–water partition coefficient (Wildman–Crippen LogP) is 4.22. The number of rotatable bonds is 4. The van der Waals surface area contributed by atoms with Crippen molar-refractivity contribution in [3.63, 3.8) is 0 Å². The molecular weight excluding hydrogens is 286 g/mol. The molecule has 0 unspecified atom stereocenters. The first kappa shape index (κ1) is 14.0. The number of oxime groups is 1. The van der Waals surface area contributed by atoms with Gasteiger partial charge in [0.1, 0.15) is 12.4 Å².